The molecule has 0 saturated heterocycles. The van der Waals surface area contributed by atoms with E-state index in [-0.39, 0.29) is 17.1 Å². The van der Waals surface area contributed by atoms with Gasteiger partial charge >= 0.3 is 5.97 Å². The summed E-state index contributed by atoms with van der Waals surface area (Å²) in [6.45, 7) is 2.58. The van der Waals surface area contributed by atoms with Crippen LogP contribution < -0.4 is 0 Å². The zero-order chi connectivity index (χ0) is 16.9. The second kappa shape index (κ2) is 11.8. The molecule has 0 fully saturated rings. The molecule has 0 spiro atoms. The maximum atomic E-state index is 11.8. The van der Waals surface area contributed by atoms with E-state index in [9.17, 15) is 15.0 Å². The summed E-state index contributed by atoms with van der Waals surface area (Å²) >= 11 is 0. The molecule has 130 valence electrons. The Labute approximate surface area is 139 Å². The Morgan fingerprint density at radius 1 is 0.913 bits per heavy atom. The molecule has 0 saturated carbocycles. The van der Waals surface area contributed by atoms with Crippen molar-refractivity contribution in [2.75, 3.05) is 6.61 Å². The fourth-order valence-electron chi connectivity index (χ4n) is 2.52. The summed E-state index contributed by atoms with van der Waals surface area (Å²) in [4.78, 5) is 11.8. The van der Waals surface area contributed by atoms with E-state index in [2.05, 4.69) is 6.92 Å². The normalized spacial score (nSPS) is 10.7. The van der Waals surface area contributed by atoms with Crippen LogP contribution in [-0.2, 0) is 4.74 Å². The molecule has 0 amide bonds. The third kappa shape index (κ3) is 8.48. The quantitative estimate of drug-likeness (QED) is 0.316. The number of esters is 1. The van der Waals surface area contributed by atoms with Crippen LogP contribution in [0.5, 0.6) is 11.5 Å². The van der Waals surface area contributed by atoms with E-state index >= 15 is 0 Å². The monoisotopic (exact) mass is 322 g/mol. The van der Waals surface area contributed by atoms with Gasteiger partial charge in [0.1, 0.15) is 17.1 Å². The molecule has 0 heterocycles. The van der Waals surface area contributed by atoms with E-state index in [1.807, 2.05) is 0 Å². The maximum absolute atomic E-state index is 11.8. The van der Waals surface area contributed by atoms with Crippen molar-refractivity contribution in [3.05, 3.63) is 23.8 Å². The Hall–Kier alpha value is -1.71. The molecule has 0 unspecified atom stereocenters. The van der Waals surface area contributed by atoms with Crippen molar-refractivity contribution in [3.63, 3.8) is 0 Å². The number of aromatic hydroxyl groups is 2. The van der Waals surface area contributed by atoms with Crippen molar-refractivity contribution >= 4 is 5.97 Å². The van der Waals surface area contributed by atoms with Crippen LogP contribution in [0.15, 0.2) is 18.2 Å². The minimum absolute atomic E-state index is 0.0112. The molecule has 0 aliphatic heterocycles. The third-order valence-corrected chi connectivity index (χ3v) is 3.93. The lowest BCUT2D eigenvalue weighted by atomic mass is 10.1. The molecule has 4 heteroatoms. The Kier molecular flexibility index (Phi) is 9.92. The molecule has 23 heavy (non-hydrogen) atoms. The van der Waals surface area contributed by atoms with Crippen LogP contribution in [0, 0.1) is 0 Å². The van der Waals surface area contributed by atoms with Crippen LogP contribution in [0.3, 0.4) is 0 Å². The zero-order valence-corrected chi connectivity index (χ0v) is 14.2. The van der Waals surface area contributed by atoms with Gasteiger partial charge in [-0.05, 0) is 24.6 Å². The highest BCUT2D eigenvalue weighted by Crippen LogP contribution is 2.22. The Bertz CT molecular complexity index is 457. The van der Waals surface area contributed by atoms with Crippen LogP contribution in [-0.4, -0.2) is 22.8 Å². The third-order valence-electron chi connectivity index (χ3n) is 3.93. The van der Waals surface area contributed by atoms with Crippen molar-refractivity contribution in [1.29, 1.82) is 0 Å². The molecule has 2 N–H and O–H groups in total. The van der Waals surface area contributed by atoms with Gasteiger partial charge < -0.3 is 14.9 Å². The molecule has 1 aromatic carbocycles. The highest BCUT2D eigenvalue weighted by atomic mass is 16.5. The van der Waals surface area contributed by atoms with E-state index in [0.717, 1.165) is 12.8 Å². The molecule has 1 rings (SSSR count). The van der Waals surface area contributed by atoms with Gasteiger partial charge in [-0.2, -0.15) is 0 Å². The van der Waals surface area contributed by atoms with Gasteiger partial charge in [0, 0.05) is 0 Å². The molecule has 0 radical (unpaired) electrons. The molecule has 0 aliphatic rings. The lowest BCUT2D eigenvalue weighted by molar-refractivity contribution is 0.0494. The lowest BCUT2D eigenvalue weighted by Gasteiger charge is -2.07. The first kappa shape index (κ1) is 19.3. The highest BCUT2D eigenvalue weighted by molar-refractivity contribution is 5.92. The van der Waals surface area contributed by atoms with Crippen molar-refractivity contribution in [1.82, 2.24) is 0 Å². The minimum Gasteiger partial charge on any atom is -0.508 e. The van der Waals surface area contributed by atoms with Gasteiger partial charge in [0.25, 0.3) is 0 Å². The fourth-order valence-corrected chi connectivity index (χ4v) is 2.52. The topological polar surface area (TPSA) is 66.8 Å². The van der Waals surface area contributed by atoms with Gasteiger partial charge in [0.2, 0.25) is 0 Å². The first-order chi connectivity index (χ1) is 11.1. The number of phenols is 2. The predicted octanol–water partition coefficient (Wildman–Crippen LogP) is 5.18. The number of hydrogen-bond donors (Lipinski definition) is 2. The number of carbonyl (C=O) groups is 1. The molecular weight excluding hydrogens is 292 g/mol. The van der Waals surface area contributed by atoms with Crippen LogP contribution in [0.1, 0.15) is 81.5 Å². The minimum atomic E-state index is -0.589. The number of hydrogen-bond acceptors (Lipinski definition) is 4. The maximum Gasteiger partial charge on any atom is 0.342 e. The van der Waals surface area contributed by atoms with E-state index in [1.165, 1.54) is 69.6 Å². The number of carbonyl (C=O) groups excluding carboxylic acids is 1. The largest absolute Gasteiger partial charge is 0.508 e. The number of phenolic OH excluding ortho intramolecular Hbond substituents is 2. The summed E-state index contributed by atoms with van der Waals surface area (Å²) in [5, 5.41) is 18.9. The van der Waals surface area contributed by atoms with Gasteiger partial charge in [-0.25, -0.2) is 4.79 Å². The molecule has 4 nitrogen and oxygen atoms in total. The molecule has 0 aromatic heterocycles. The Balaban J connectivity index is 2.02. The van der Waals surface area contributed by atoms with Crippen LogP contribution >= 0.6 is 0 Å². The summed E-state index contributed by atoms with van der Waals surface area (Å²) in [6, 6.07) is 3.83. The molecule has 0 bridgehead atoms. The second-order valence-corrected chi connectivity index (χ2v) is 6.02. The number of benzene rings is 1. The summed E-state index contributed by atoms with van der Waals surface area (Å²) in [5.74, 6) is -0.820. The Morgan fingerprint density at radius 2 is 1.48 bits per heavy atom. The van der Waals surface area contributed by atoms with Gasteiger partial charge in [-0.15, -0.1) is 0 Å². The SMILES string of the molecule is CCCCCCCCCCCCOC(=O)c1cc(O)ccc1O. The van der Waals surface area contributed by atoms with Gasteiger partial charge in [-0.1, -0.05) is 64.7 Å². The van der Waals surface area contributed by atoms with Crippen molar-refractivity contribution in [2.45, 2.75) is 71.1 Å². The fraction of sp³-hybridized carbons (Fsp3) is 0.632. The first-order valence-electron chi connectivity index (χ1n) is 8.84. The van der Waals surface area contributed by atoms with Crippen molar-refractivity contribution in [3.8, 4) is 11.5 Å². The zero-order valence-electron chi connectivity index (χ0n) is 14.2. The molecular formula is C19H30O4. The average molecular weight is 322 g/mol. The van der Waals surface area contributed by atoms with E-state index in [4.69, 9.17) is 4.74 Å². The second-order valence-electron chi connectivity index (χ2n) is 6.02. The van der Waals surface area contributed by atoms with Crippen LogP contribution in [0.25, 0.3) is 0 Å². The van der Waals surface area contributed by atoms with Crippen molar-refractivity contribution in [2.24, 2.45) is 0 Å². The molecule has 0 aliphatic carbocycles. The van der Waals surface area contributed by atoms with E-state index in [1.54, 1.807) is 0 Å². The van der Waals surface area contributed by atoms with Crippen molar-refractivity contribution < 1.29 is 19.7 Å². The van der Waals surface area contributed by atoms with Gasteiger partial charge in [0.05, 0.1) is 6.61 Å². The standard InChI is InChI=1S/C19H30O4/c1-2-3-4-5-6-7-8-9-10-11-14-23-19(22)17-15-16(20)12-13-18(17)21/h12-13,15,20-21H,2-11,14H2,1H3. The lowest BCUT2D eigenvalue weighted by Crippen LogP contribution is -2.06. The number of ether oxygens (including phenoxy) is 1. The van der Waals surface area contributed by atoms with E-state index in [0.29, 0.717) is 6.61 Å². The predicted molar refractivity (Wildman–Crippen MR) is 91.9 cm³/mol. The summed E-state index contributed by atoms with van der Waals surface area (Å²) < 4.78 is 5.13. The number of rotatable bonds is 12. The summed E-state index contributed by atoms with van der Waals surface area (Å²) in [5.41, 5.74) is 0.0112. The van der Waals surface area contributed by atoms with Gasteiger partial charge in [0.15, 0.2) is 0 Å². The summed E-state index contributed by atoms with van der Waals surface area (Å²) in [7, 11) is 0. The number of unbranched alkanes of at least 4 members (excludes halogenated alkanes) is 9. The first-order valence-corrected chi connectivity index (χ1v) is 8.84. The van der Waals surface area contributed by atoms with Crippen LogP contribution in [0.2, 0.25) is 0 Å². The smallest absolute Gasteiger partial charge is 0.342 e. The average Bonchev–Trinajstić information content (AvgIpc) is 2.54. The van der Waals surface area contributed by atoms with E-state index < -0.39 is 5.97 Å². The Morgan fingerprint density at radius 3 is 2.09 bits per heavy atom. The highest BCUT2D eigenvalue weighted by Gasteiger charge is 2.13. The van der Waals surface area contributed by atoms with Crippen LogP contribution in [0.4, 0.5) is 0 Å². The molecule has 1 aromatic rings. The summed E-state index contributed by atoms with van der Waals surface area (Å²) in [6.07, 6.45) is 12.3. The molecule has 0 atom stereocenters. The van der Waals surface area contributed by atoms with Gasteiger partial charge in [-0.3, -0.25) is 0 Å².